The van der Waals surface area contributed by atoms with Crippen molar-refractivity contribution in [3.63, 3.8) is 0 Å². The highest BCUT2D eigenvalue weighted by Gasteiger charge is 2.27. The Balaban J connectivity index is 1.63. The van der Waals surface area contributed by atoms with Crippen molar-refractivity contribution in [2.45, 2.75) is 25.5 Å². The maximum absolute atomic E-state index is 11.9. The summed E-state index contributed by atoms with van der Waals surface area (Å²) in [5.41, 5.74) is 13.2. The maximum Gasteiger partial charge on any atom is 0.226 e. The molecule has 38 heavy (non-hydrogen) atoms. The van der Waals surface area contributed by atoms with Crippen LogP contribution in [0, 0.1) is 10.8 Å². The molecule has 0 atom stereocenters. The summed E-state index contributed by atoms with van der Waals surface area (Å²) in [6.07, 6.45) is 5.12. The molecule has 0 amide bonds. The molecular weight excluding hydrogens is 532 g/mol. The third-order valence-electron chi connectivity index (χ3n) is 6.02. The van der Waals surface area contributed by atoms with Crippen LogP contribution in [0.15, 0.2) is 30.1 Å². The van der Waals surface area contributed by atoms with E-state index in [1.54, 1.807) is 18.2 Å². The van der Waals surface area contributed by atoms with Gasteiger partial charge in [0.1, 0.15) is 24.1 Å². The third kappa shape index (κ3) is 5.82. The van der Waals surface area contributed by atoms with E-state index in [1.165, 1.54) is 16.9 Å². The summed E-state index contributed by atoms with van der Waals surface area (Å²) < 4.78 is 31.4. The maximum atomic E-state index is 11.9. The van der Waals surface area contributed by atoms with Crippen molar-refractivity contribution < 1.29 is 13.2 Å². The van der Waals surface area contributed by atoms with Crippen molar-refractivity contribution in [3.8, 4) is 5.88 Å². The number of fused-ring (bicyclic) bond motifs is 1. The molecule has 7 N–H and O–H groups in total. The first-order valence-electron chi connectivity index (χ1n) is 11.5. The molecule has 0 radical (unpaired) electrons. The van der Waals surface area contributed by atoms with Gasteiger partial charge in [-0.05, 0) is 25.0 Å². The quantitative estimate of drug-likeness (QED) is 0.241. The van der Waals surface area contributed by atoms with Crippen molar-refractivity contribution in [2.75, 3.05) is 30.4 Å². The van der Waals surface area contributed by atoms with Gasteiger partial charge < -0.3 is 32.3 Å². The first-order chi connectivity index (χ1) is 18.1. The van der Waals surface area contributed by atoms with Gasteiger partial charge in [-0.2, -0.15) is 4.98 Å². The van der Waals surface area contributed by atoms with Gasteiger partial charge >= 0.3 is 0 Å². The Hall–Kier alpha value is -3.88. The number of benzene rings is 1. The lowest BCUT2D eigenvalue weighted by atomic mass is 10.1. The van der Waals surface area contributed by atoms with Crippen LogP contribution in [0.5, 0.6) is 5.88 Å². The number of nitrogen functional groups attached to an aromatic ring is 1. The fourth-order valence-corrected chi connectivity index (χ4v) is 5.19. The summed E-state index contributed by atoms with van der Waals surface area (Å²) in [4.78, 5) is 17.4. The van der Waals surface area contributed by atoms with Crippen LogP contribution in [-0.2, 0) is 16.6 Å². The lowest BCUT2D eigenvalue weighted by Crippen LogP contribution is -2.41. The molecule has 1 fully saturated rings. The number of allylic oxidation sites excluding steroid dienone is 1. The molecule has 15 heteroatoms. The van der Waals surface area contributed by atoms with Gasteiger partial charge in [-0.15, -0.1) is 0 Å². The Labute approximate surface area is 224 Å². The lowest BCUT2D eigenvalue weighted by molar-refractivity contribution is 0.131. The van der Waals surface area contributed by atoms with E-state index in [-0.39, 0.29) is 41.1 Å². The first kappa shape index (κ1) is 27.2. The molecule has 3 aromatic rings. The molecule has 0 saturated carbocycles. The number of nitrogens with two attached hydrogens (primary N) is 2. The normalized spacial score (nSPS) is 14.7. The number of hydrogen-bond donors (Lipinski definition) is 5. The van der Waals surface area contributed by atoms with Gasteiger partial charge in [0, 0.05) is 31.1 Å². The fraction of sp³-hybridized carbons (Fsp3) is 0.304. The van der Waals surface area contributed by atoms with Crippen LogP contribution in [0.25, 0.3) is 16.6 Å². The fourth-order valence-electron chi connectivity index (χ4n) is 4.06. The Morgan fingerprint density at radius 2 is 1.95 bits per heavy atom. The minimum atomic E-state index is -3.26. The van der Waals surface area contributed by atoms with Crippen molar-refractivity contribution in [3.05, 3.63) is 46.5 Å². The number of rotatable bonds is 9. The van der Waals surface area contributed by atoms with Crippen LogP contribution < -0.4 is 21.5 Å². The second-order valence-electron chi connectivity index (χ2n) is 8.55. The van der Waals surface area contributed by atoms with E-state index in [9.17, 15) is 8.42 Å². The molecule has 0 bridgehead atoms. The van der Waals surface area contributed by atoms with Gasteiger partial charge in [0.2, 0.25) is 15.9 Å². The summed E-state index contributed by atoms with van der Waals surface area (Å²) >= 11 is 6.47. The smallest absolute Gasteiger partial charge is 0.226 e. The lowest BCUT2D eigenvalue weighted by Gasteiger charge is -2.30. The SMILES string of the molecule is CS(=O)(=O)N1CCC(Oc2nc(CNc3ncnc(N)c3C(N)=C(C=N)C=N)nc3cccc(Cl)c23)CC1. The van der Waals surface area contributed by atoms with Crippen LogP contribution in [0.3, 0.4) is 0 Å². The van der Waals surface area contributed by atoms with Crippen LogP contribution in [0.2, 0.25) is 5.02 Å². The standard InChI is InChI=1S/C23H27ClN10O3S/c1-38(35,36)34-7-5-14(6-8-34)37-23-18-15(24)3-2-4-16(18)32-17(33-23)11-29-22-19(21(28)30-12-31-22)20(27)13(9-25)10-26/h2-4,9-10,12,14,25-26H,5-8,11,27H2,1H3,(H3,28,29,30,31). The van der Waals surface area contributed by atoms with Gasteiger partial charge in [0.05, 0.1) is 40.0 Å². The van der Waals surface area contributed by atoms with Crippen molar-refractivity contribution in [2.24, 2.45) is 5.73 Å². The summed E-state index contributed by atoms with van der Waals surface area (Å²) in [6, 6.07) is 5.29. The molecular formula is C23H27ClN10O3S. The first-order valence-corrected chi connectivity index (χ1v) is 13.8. The van der Waals surface area contributed by atoms with E-state index >= 15 is 0 Å². The zero-order valence-electron chi connectivity index (χ0n) is 20.5. The summed E-state index contributed by atoms with van der Waals surface area (Å²) in [5, 5.41) is 19.1. The van der Waals surface area contributed by atoms with E-state index in [0.717, 1.165) is 12.4 Å². The molecule has 1 saturated heterocycles. The number of ether oxygens (including phenoxy) is 1. The highest BCUT2D eigenvalue weighted by Crippen LogP contribution is 2.32. The number of hydrogen-bond acceptors (Lipinski definition) is 12. The van der Waals surface area contributed by atoms with Crippen molar-refractivity contribution in [1.82, 2.24) is 24.2 Å². The van der Waals surface area contributed by atoms with Gasteiger partial charge in [0.15, 0.2) is 5.82 Å². The van der Waals surface area contributed by atoms with Crippen LogP contribution in [0.1, 0.15) is 24.2 Å². The second-order valence-corrected chi connectivity index (χ2v) is 10.9. The Kier molecular flexibility index (Phi) is 8.04. The van der Waals surface area contributed by atoms with Crippen LogP contribution >= 0.6 is 11.6 Å². The summed E-state index contributed by atoms with van der Waals surface area (Å²) in [6.45, 7) is 0.816. The average Bonchev–Trinajstić information content (AvgIpc) is 2.88. The second kappa shape index (κ2) is 11.2. The molecule has 0 unspecified atom stereocenters. The minimum absolute atomic E-state index is 0.0752. The molecule has 200 valence electrons. The highest BCUT2D eigenvalue weighted by atomic mass is 35.5. The van der Waals surface area contributed by atoms with Gasteiger partial charge in [0.25, 0.3) is 0 Å². The number of nitrogens with one attached hydrogen (secondary N) is 3. The summed E-state index contributed by atoms with van der Waals surface area (Å²) in [7, 11) is -3.26. The van der Waals surface area contributed by atoms with Crippen LogP contribution in [-0.4, -0.2) is 70.5 Å². The number of anilines is 2. The number of aromatic nitrogens is 4. The van der Waals surface area contributed by atoms with Crippen molar-refractivity contribution in [1.29, 1.82) is 10.8 Å². The Morgan fingerprint density at radius 1 is 1.24 bits per heavy atom. The molecule has 13 nitrogen and oxygen atoms in total. The zero-order valence-corrected chi connectivity index (χ0v) is 22.1. The minimum Gasteiger partial charge on any atom is -0.474 e. The number of piperidine rings is 1. The van der Waals surface area contributed by atoms with E-state index < -0.39 is 10.0 Å². The van der Waals surface area contributed by atoms with Crippen LogP contribution in [0.4, 0.5) is 11.6 Å². The molecule has 2 aromatic heterocycles. The van der Waals surface area contributed by atoms with Gasteiger partial charge in [-0.3, -0.25) is 0 Å². The topological polar surface area (TPSA) is 210 Å². The molecule has 0 aliphatic carbocycles. The molecule has 0 spiro atoms. The van der Waals surface area contributed by atoms with E-state index in [2.05, 4.69) is 25.3 Å². The molecule has 1 aromatic carbocycles. The zero-order chi connectivity index (χ0) is 27.4. The predicted octanol–water partition coefficient (Wildman–Crippen LogP) is 2.04. The third-order valence-corrected chi connectivity index (χ3v) is 7.63. The molecule has 3 heterocycles. The van der Waals surface area contributed by atoms with E-state index in [4.69, 9.17) is 38.6 Å². The summed E-state index contributed by atoms with van der Waals surface area (Å²) in [5.74, 6) is 1.03. The highest BCUT2D eigenvalue weighted by molar-refractivity contribution is 7.88. The van der Waals surface area contributed by atoms with E-state index in [1.807, 2.05) is 0 Å². The Bertz CT molecular complexity index is 1510. The van der Waals surface area contributed by atoms with E-state index in [0.29, 0.717) is 53.6 Å². The van der Waals surface area contributed by atoms with Crippen molar-refractivity contribution >= 4 is 62.3 Å². The Morgan fingerprint density at radius 3 is 2.61 bits per heavy atom. The van der Waals surface area contributed by atoms with Gasteiger partial charge in [-0.1, -0.05) is 17.7 Å². The molecule has 4 rings (SSSR count). The number of sulfonamides is 1. The largest absolute Gasteiger partial charge is 0.474 e. The molecule has 1 aliphatic rings. The van der Waals surface area contributed by atoms with Gasteiger partial charge in [-0.25, -0.2) is 27.7 Å². The molecule has 1 aliphatic heterocycles. The predicted molar refractivity (Wildman–Crippen MR) is 147 cm³/mol. The number of nitrogens with zero attached hydrogens (tertiary/aromatic N) is 5. The number of halogens is 1. The average molecular weight is 559 g/mol. The monoisotopic (exact) mass is 558 g/mol.